The maximum atomic E-state index is 11.2. The van der Waals surface area contributed by atoms with Crippen LogP contribution >= 0.6 is 23.5 Å². The highest BCUT2D eigenvalue weighted by atomic mass is 32.2. The summed E-state index contributed by atoms with van der Waals surface area (Å²) in [6.45, 7) is 0. The Labute approximate surface area is 155 Å². The molecular weight excluding hydrogens is 376 g/mol. The van der Waals surface area contributed by atoms with E-state index >= 15 is 0 Å². The molecule has 2 aliphatic heterocycles. The van der Waals surface area contributed by atoms with E-state index in [4.69, 9.17) is 0 Å². The van der Waals surface area contributed by atoms with Gasteiger partial charge in [-0.3, -0.25) is 20.4 Å². The molecule has 3 heterocycles. The van der Waals surface area contributed by atoms with E-state index in [1.165, 1.54) is 23.5 Å². The second-order valence-corrected chi connectivity index (χ2v) is 7.10. The van der Waals surface area contributed by atoms with E-state index < -0.39 is 0 Å². The lowest BCUT2D eigenvalue weighted by molar-refractivity contribution is -0.117. The number of hydrazone groups is 2. The molecule has 4 N–H and O–H groups in total. The molecule has 0 unspecified atom stereocenters. The molecule has 12 heteroatoms. The van der Waals surface area contributed by atoms with Crippen LogP contribution < -0.4 is 21.5 Å². The molecule has 132 valence electrons. The van der Waals surface area contributed by atoms with Gasteiger partial charge in [-0.25, -0.2) is 0 Å². The molecular formula is C14H12N8O2S2. The van der Waals surface area contributed by atoms with Crippen LogP contribution in [-0.2, 0) is 9.59 Å². The van der Waals surface area contributed by atoms with Gasteiger partial charge in [-0.2, -0.15) is 0 Å². The van der Waals surface area contributed by atoms with Gasteiger partial charge >= 0.3 is 0 Å². The van der Waals surface area contributed by atoms with Gasteiger partial charge in [0.15, 0.2) is 22.0 Å². The third kappa shape index (κ3) is 3.55. The van der Waals surface area contributed by atoms with Crippen LogP contribution in [0.3, 0.4) is 0 Å². The Kier molecular flexibility index (Phi) is 4.58. The van der Waals surface area contributed by atoms with Gasteiger partial charge < -0.3 is 10.6 Å². The lowest BCUT2D eigenvalue weighted by atomic mass is 10.2. The Morgan fingerprint density at radius 2 is 1.31 bits per heavy atom. The first kappa shape index (κ1) is 16.6. The summed E-state index contributed by atoms with van der Waals surface area (Å²) >= 11 is 2.62. The van der Waals surface area contributed by atoms with Crippen LogP contribution in [0.15, 0.2) is 34.5 Å². The number of amidine groups is 2. The number of amides is 2. The minimum Gasteiger partial charge on any atom is -0.303 e. The number of carbonyl (C=O) groups is 2. The number of benzene rings is 1. The molecule has 2 fully saturated rings. The average molecular weight is 388 g/mol. The first-order chi connectivity index (χ1) is 12.7. The van der Waals surface area contributed by atoms with Crippen LogP contribution in [0.25, 0.3) is 10.8 Å². The van der Waals surface area contributed by atoms with Gasteiger partial charge in [-0.1, -0.05) is 47.8 Å². The molecule has 2 saturated heterocycles. The predicted molar refractivity (Wildman–Crippen MR) is 103 cm³/mol. The van der Waals surface area contributed by atoms with Crippen LogP contribution in [0, 0.1) is 0 Å². The molecule has 1 aromatic heterocycles. The zero-order chi connectivity index (χ0) is 17.9. The fraction of sp³-hybridized carbons (Fsp3) is 0.143. The monoisotopic (exact) mass is 388 g/mol. The minimum atomic E-state index is -0.0815. The van der Waals surface area contributed by atoms with Gasteiger partial charge in [0.1, 0.15) is 0 Å². The normalized spacial score (nSPS) is 19.8. The van der Waals surface area contributed by atoms with Crippen LogP contribution in [0.4, 0.5) is 11.6 Å². The molecule has 2 aromatic rings. The smallest absolute Gasteiger partial charge is 0.236 e. The molecule has 10 nitrogen and oxygen atoms in total. The molecule has 0 spiro atoms. The maximum Gasteiger partial charge on any atom is 0.236 e. The first-order valence-corrected chi connectivity index (χ1v) is 9.44. The summed E-state index contributed by atoms with van der Waals surface area (Å²) < 4.78 is 0. The lowest BCUT2D eigenvalue weighted by Crippen LogP contribution is -2.21. The van der Waals surface area contributed by atoms with E-state index in [1.54, 1.807) is 0 Å². The second-order valence-electron chi connectivity index (χ2n) is 5.17. The number of aromatic nitrogens is 2. The lowest BCUT2D eigenvalue weighted by Gasteiger charge is -2.08. The van der Waals surface area contributed by atoms with Crippen molar-refractivity contribution in [2.24, 2.45) is 10.2 Å². The van der Waals surface area contributed by atoms with E-state index in [2.05, 4.69) is 41.9 Å². The van der Waals surface area contributed by atoms with Crippen LogP contribution in [-0.4, -0.2) is 43.9 Å². The van der Waals surface area contributed by atoms with Crippen molar-refractivity contribution in [3.05, 3.63) is 24.3 Å². The number of rotatable bonds is 4. The number of hydrogen-bond donors (Lipinski definition) is 4. The number of nitrogens with one attached hydrogen (secondary N) is 4. The fourth-order valence-electron chi connectivity index (χ4n) is 2.25. The van der Waals surface area contributed by atoms with Crippen molar-refractivity contribution in [1.29, 1.82) is 0 Å². The van der Waals surface area contributed by atoms with Gasteiger partial charge in [0, 0.05) is 10.8 Å². The number of hydrogen-bond acceptors (Lipinski definition) is 10. The Balaban J connectivity index is 1.59. The fourth-order valence-corrected chi connectivity index (χ4v) is 3.52. The number of carbonyl (C=O) groups excluding carboxylic acids is 2. The highest BCUT2D eigenvalue weighted by molar-refractivity contribution is 8.15. The van der Waals surface area contributed by atoms with Gasteiger partial charge in [-0.15, -0.1) is 20.4 Å². The highest BCUT2D eigenvalue weighted by Gasteiger charge is 2.18. The van der Waals surface area contributed by atoms with E-state index in [0.29, 0.717) is 33.5 Å². The second kappa shape index (κ2) is 7.17. The van der Waals surface area contributed by atoms with Crippen molar-refractivity contribution in [3.8, 4) is 0 Å². The number of nitrogens with zero attached hydrogens (tertiary/aromatic N) is 4. The molecule has 4 rings (SSSR count). The van der Waals surface area contributed by atoms with Gasteiger partial charge in [0.05, 0.1) is 11.5 Å². The van der Waals surface area contributed by atoms with Gasteiger partial charge in [0.25, 0.3) is 0 Å². The number of fused-ring (bicyclic) bond motifs is 1. The van der Waals surface area contributed by atoms with E-state index in [-0.39, 0.29) is 11.8 Å². The standard InChI is InChI=1S/C14H12N8O2S2/c23-9-5-25-13(15-9)21-19-11-7-3-1-2-4-8(7)12(18-17-11)20-22-14-16-10(24)6-26-14/h1-4H,5-6H2,(H,17,19)(H,18,20)(H,15,21,23)(H,16,22,24). The number of anilines is 2. The van der Waals surface area contributed by atoms with Crippen molar-refractivity contribution >= 4 is 68.1 Å². The van der Waals surface area contributed by atoms with Crippen molar-refractivity contribution < 1.29 is 9.59 Å². The summed E-state index contributed by atoms with van der Waals surface area (Å²) in [5.74, 6) is 1.45. The van der Waals surface area contributed by atoms with Crippen LogP contribution in [0.5, 0.6) is 0 Å². The summed E-state index contributed by atoms with van der Waals surface area (Å²) in [6.07, 6.45) is 0. The van der Waals surface area contributed by atoms with Crippen LogP contribution in [0.1, 0.15) is 0 Å². The molecule has 0 bridgehead atoms. The molecule has 0 aliphatic carbocycles. The third-order valence-electron chi connectivity index (χ3n) is 3.39. The highest BCUT2D eigenvalue weighted by Crippen LogP contribution is 2.26. The SMILES string of the molecule is O=C1CS/C(=N/Nc2nnc(N/N=C3\NC(=O)CS3)c3ccccc23)N1. The zero-order valence-electron chi connectivity index (χ0n) is 13.1. The van der Waals surface area contributed by atoms with E-state index in [0.717, 1.165) is 10.8 Å². The Hall–Kier alpha value is -2.86. The summed E-state index contributed by atoms with van der Waals surface area (Å²) in [7, 11) is 0. The number of thioether (sulfide) groups is 2. The van der Waals surface area contributed by atoms with Crippen molar-refractivity contribution in [2.45, 2.75) is 0 Å². The first-order valence-electron chi connectivity index (χ1n) is 7.47. The van der Waals surface area contributed by atoms with Crippen molar-refractivity contribution in [2.75, 3.05) is 22.4 Å². The molecule has 26 heavy (non-hydrogen) atoms. The maximum absolute atomic E-state index is 11.2. The molecule has 0 saturated carbocycles. The summed E-state index contributed by atoms with van der Waals surface area (Å²) in [4.78, 5) is 22.4. The topological polar surface area (TPSA) is 133 Å². The Morgan fingerprint density at radius 1 is 0.846 bits per heavy atom. The van der Waals surface area contributed by atoms with Gasteiger partial charge in [-0.05, 0) is 0 Å². The van der Waals surface area contributed by atoms with Gasteiger partial charge in [0.2, 0.25) is 11.8 Å². The average Bonchev–Trinajstić information content (AvgIpc) is 3.26. The molecule has 0 atom stereocenters. The zero-order valence-corrected chi connectivity index (χ0v) is 14.8. The summed E-state index contributed by atoms with van der Waals surface area (Å²) in [5, 5.41) is 24.4. The molecule has 2 amide bonds. The largest absolute Gasteiger partial charge is 0.303 e. The molecule has 2 aliphatic rings. The predicted octanol–water partition coefficient (Wildman–Crippen LogP) is 0.722. The third-order valence-corrected chi connectivity index (χ3v) is 5.13. The Bertz CT molecular complexity index is 885. The molecule has 0 radical (unpaired) electrons. The minimum absolute atomic E-state index is 0.0815. The Morgan fingerprint density at radius 3 is 1.69 bits per heavy atom. The van der Waals surface area contributed by atoms with Crippen molar-refractivity contribution in [1.82, 2.24) is 20.8 Å². The van der Waals surface area contributed by atoms with E-state index in [1.807, 2.05) is 24.3 Å². The molecule has 1 aromatic carbocycles. The van der Waals surface area contributed by atoms with Crippen LogP contribution in [0.2, 0.25) is 0 Å². The summed E-state index contributed by atoms with van der Waals surface area (Å²) in [6, 6.07) is 7.49. The van der Waals surface area contributed by atoms with Crippen molar-refractivity contribution in [3.63, 3.8) is 0 Å². The quantitative estimate of drug-likeness (QED) is 0.563. The summed E-state index contributed by atoms with van der Waals surface area (Å²) in [5.41, 5.74) is 5.67. The van der Waals surface area contributed by atoms with E-state index in [9.17, 15) is 9.59 Å².